The lowest BCUT2D eigenvalue weighted by Crippen LogP contribution is -2.59. The summed E-state index contributed by atoms with van der Waals surface area (Å²) < 4.78 is 10.9. The van der Waals surface area contributed by atoms with E-state index in [1.54, 1.807) is 4.90 Å². The lowest BCUT2D eigenvalue weighted by atomic mass is 10.0. The molecule has 2 heterocycles. The molecule has 0 unspecified atom stereocenters. The van der Waals surface area contributed by atoms with E-state index in [0.29, 0.717) is 30.2 Å². The molecular formula is C25H33ClN4O4. The number of halogens is 1. The number of nitrogens with zero attached hydrogens (tertiary/aromatic N) is 4. The molecule has 184 valence electrons. The van der Waals surface area contributed by atoms with Crippen LogP contribution in [0.4, 0.5) is 10.6 Å². The first-order valence-electron chi connectivity index (χ1n) is 11.9. The number of anilines is 1. The van der Waals surface area contributed by atoms with Gasteiger partial charge in [0.25, 0.3) is 0 Å². The number of hydrogen-bond donors (Lipinski definition) is 0. The third-order valence-corrected chi connectivity index (χ3v) is 6.72. The van der Waals surface area contributed by atoms with E-state index in [9.17, 15) is 9.59 Å². The number of carbonyl (C=O) groups is 2. The summed E-state index contributed by atoms with van der Waals surface area (Å²) in [5.74, 6) is 0.513. The molecule has 8 nitrogen and oxygen atoms in total. The molecule has 1 saturated carbocycles. The standard InChI is InChI=1S/C25H33ClN4O4/c1-7-33-23(31)18-10-17(18)16-8-9-19(26)21-20(16)22(28-13-27-21)29-11-15(3)30(12-14(29)2)24(32)34-25(4,5)6/h8-9,13-15,17-18H,7,10-12H2,1-6H3/t14-,15+,17-,18+/m0/s1. The summed E-state index contributed by atoms with van der Waals surface area (Å²) in [6.45, 7) is 13.0. The van der Waals surface area contributed by atoms with Crippen molar-refractivity contribution in [2.24, 2.45) is 5.92 Å². The second-order valence-electron chi connectivity index (χ2n) is 10.2. The van der Waals surface area contributed by atoms with Crippen molar-refractivity contribution in [2.45, 2.75) is 71.6 Å². The van der Waals surface area contributed by atoms with E-state index in [2.05, 4.69) is 21.8 Å². The first-order valence-corrected chi connectivity index (χ1v) is 12.3. The van der Waals surface area contributed by atoms with Crippen LogP contribution in [0.15, 0.2) is 18.5 Å². The molecule has 0 radical (unpaired) electrons. The Bertz CT molecular complexity index is 1100. The van der Waals surface area contributed by atoms with Crippen molar-refractivity contribution < 1.29 is 19.1 Å². The normalized spacial score (nSPS) is 24.8. The molecule has 1 aliphatic carbocycles. The highest BCUT2D eigenvalue weighted by Gasteiger charge is 2.47. The molecule has 1 aromatic heterocycles. The Morgan fingerprint density at radius 2 is 1.88 bits per heavy atom. The molecular weight excluding hydrogens is 456 g/mol. The number of carbonyl (C=O) groups excluding carboxylic acids is 2. The zero-order valence-electron chi connectivity index (χ0n) is 20.7. The summed E-state index contributed by atoms with van der Waals surface area (Å²) in [7, 11) is 0. The lowest BCUT2D eigenvalue weighted by Gasteiger charge is -2.45. The number of rotatable bonds is 4. The lowest BCUT2D eigenvalue weighted by molar-refractivity contribution is -0.144. The fourth-order valence-electron chi connectivity index (χ4n) is 4.72. The molecule has 4 atom stereocenters. The van der Waals surface area contributed by atoms with Gasteiger partial charge in [0.15, 0.2) is 0 Å². The third-order valence-electron chi connectivity index (χ3n) is 6.42. The van der Waals surface area contributed by atoms with Gasteiger partial charge in [-0.05, 0) is 65.5 Å². The van der Waals surface area contributed by atoms with Crippen LogP contribution >= 0.6 is 11.6 Å². The summed E-state index contributed by atoms with van der Waals surface area (Å²) in [6.07, 6.45) is 1.96. The first-order chi connectivity index (χ1) is 16.0. The number of amides is 1. The molecule has 1 amide bonds. The topological polar surface area (TPSA) is 84.9 Å². The number of aromatic nitrogens is 2. The highest BCUT2D eigenvalue weighted by molar-refractivity contribution is 6.35. The maximum atomic E-state index is 12.8. The minimum absolute atomic E-state index is 0.00583. The summed E-state index contributed by atoms with van der Waals surface area (Å²) in [6, 6.07) is 3.73. The van der Waals surface area contributed by atoms with Gasteiger partial charge in [0.05, 0.1) is 23.1 Å². The van der Waals surface area contributed by atoms with Gasteiger partial charge in [-0.15, -0.1) is 0 Å². The van der Waals surface area contributed by atoms with Crippen molar-refractivity contribution in [3.05, 3.63) is 29.0 Å². The summed E-state index contributed by atoms with van der Waals surface area (Å²) in [5, 5.41) is 1.42. The quantitative estimate of drug-likeness (QED) is 0.572. The number of fused-ring (bicyclic) bond motifs is 1. The summed E-state index contributed by atoms with van der Waals surface area (Å²) in [5.41, 5.74) is 1.14. The molecule has 2 aromatic rings. The van der Waals surface area contributed by atoms with E-state index in [1.165, 1.54) is 6.33 Å². The van der Waals surface area contributed by atoms with Gasteiger partial charge in [-0.1, -0.05) is 17.7 Å². The van der Waals surface area contributed by atoms with Crippen LogP contribution in [0.5, 0.6) is 0 Å². The fraction of sp³-hybridized carbons (Fsp3) is 0.600. The highest BCUT2D eigenvalue weighted by Crippen LogP contribution is 2.52. The Balaban J connectivity index is 1.67. The smallest absolute Gasteiger partial charge is 0.410 e. The van der Waals surface area contributed by atoms with E-state index in [0.717, 1.165) is 23.2 Å². The zero-order valence-corrected chi connectivity index (χ0v) is 21.4. The predicted molar refractivity (Wildman–Crippen MR) is 131 cm³/mol. The molecule has 0 spiro atoms. The van der Waals surface area contributed by atoms with E-state index in [-0.39, 0.29) is 36.0 Å². The molecule has 1 saturated heterocycles. The van der Waals surface area contributed by atoms with Crippen LogP contribution in [0.2, 0.25) is 5.02 Å². The Kier molecular flexibility index (Phi) is 6.64. The Hall–Kier alpha value is -2.61. The molecule has 0 N–H and O–H groups in total. The highest BCUT2D eigenvalue weighted by atomic mass is 35.5. The molecule has 0 bridgehead atoms. The number of hydrogen-bond acceptors (Lipinski definition) is 7. The molecule has 1 aliphatic heterocycles. The van der Waals surface area contributed by atoms with Gasteiger partial charge in [0.1, 0.15) is 17.7 Å². The van der Waals surface area contributed by atoms with Crippen LogP contribution in [0.3, 0.4) is 0 Å². The zero-order chi connectivity index (χ0) is 24.8. The Morgan fingerprint density at radius 1 is 1.15 bits per heavy atom. The van der Waals surface area contributed by atoms with Gasteiger partial charge in [-0.25, -0.2) is 14.8 Å². The van der Waals surface area contributed by atoms with Gasteiger partial charge in [-0.3, -0.25) is 4.79 Å². The van der Waals surface area contributed by atoms with Crippen LogP contribution in [0.25, 0.3) is 10.9 Å². The summed E-state index contributed by atoms with van der Waals surface area (Å²) >= 11 is 6.54. The minimum Gasteiger partial charge on any atom is -0.466 e. The Morgan fingerprint density at radius 3 is 2.56 bits per heavy atom. The largest absolute Gasteiger partial charge is 0.466 e. The number of ether oxygens (including phenoxy) is 2. The molecule has 34 heavy (non-hydrogen) atoms. The van der Waals surface area contributed by atoms with E-state index in [4.69, 9.17) is 21.1 Å². The summed E-state index contributed by atoms with van der Waals surface area (Å²) in [4.78, 5) is 38.2. The predicted octanol–water partition coefficient (Wildman–Crippen LogP) is 4.78. The molecule has 1 aromatic carbocycles. The second kappa shape index (κ2) is 9.21. The average molecular weight is 489 g/mol. The van der Waals surface area contributed by atoms with Crippen LogP contribution in [-0.4, -0.2) is 64.3 Å². The minimum atomic E-state index is -0.550. The van der Waals surface area contributed by atoms with Crippen molar-refractivity contribution in [1.29, 1.82) is 0 Å². The SMILES string of the molecule is CCOC(=O)[C@@H]1C[C@H]1c1ccc(Cl)c2ncnc(N3C[C@@H](C)N(C(=O)OC(C)(C)C)C[C@@H]3C)c12. The Labute approximate surface area is 205 Å². The monoisotopic (exact) mass is 488 g/mol. The average Bonchev–Trinajstić information content (AvgIpc) is 3.55. The van der Waals surface area contributed by atoms with Crippen LogP contribution in [0.1, 0.15) is 59.4 Å². The van der Waals surface area contributed by atoms with Gasteiger partial charge < -0.3 is 19.3 Å². The van der Waals surface area contributed by atoms with E-state index < -0.39 is 5.60 Å². The van der Waals surface area contributed by atoms with Crippen LogP contribution in [-0.2, 0) is 14.3 Å². The van der Waals surface area contributed by atoms with Crippen LogP contribution in [0, 0.1) is 5.92 Å². The van der Waals surface area contributed by atoms with Crippen molar-refractivity contribution in [3.63, 3.8) is 0 Å². The van der Waals surface area contributed by atoms with Gasteiger partial charge >= 0.3 is 12.1 Å². The first kappa shape index (κ1) is 24.5. The number of benzene rings is 1. The van der Waals surface area contributed by atoms with Crippen molar-refractivity contribution in [1.82, 2.24) is 14.9 Å². The van der Waals surface area contributed by atoms with Crippen molar-refractivity contribution in [3.8, 4) is 0 Å². The number of piperazine rings is 1. The fourth-order valence-corrected chi connectivity index (χ4v) is 4.93. The van der Waals surface area contributed by atoms with E-state index in [1.807, 2.05) is 46.8 Å². The van der Waals surface area contributed by atoms with E-state index >= 15 is 0 Å². The second-order valence-corrected chi connectivity index (χ2v) is 10.6. The maximum Gasteiger partial charge on any atom is 0.410 e. The molecule has 9 heteroatoms. The van der Waals surface area contributed by atoms with Crippen molar-refractivity contribution >= 4 is 40.4 Å². The molecule has 2 aliphatic rings. The van der Waals surface area contributed by atoms with Gasteiger partial charge in [-0.2, -0.15) is 0 Å². The molecule has 4 rings (SSSR count). The maximum absolute atomic E-state index is 12.8. The van der Waals surface area contributed by atoms with Crippen LogP contribution < -0.4 is 4.90 Å². The van der Waals surface area contributed by atoms with Gasteiger partial charge in [0.2, 0.25) is 0 Å². The number of esters is 1. The molecule has 2 fully saturated rings. The van der Waals surface area contributed by atoms with Crippen molar-refractivity contribution in [2.75, 3.05) is 24.6 Å². The third kappa shape index (κ3) is 4.78. The van der Waals surface area contributed by atoms with Gasteiger partial charge in [0, 0.05) is 30.6 Å².